The molecule has 2 atom stereocenters. The van der Waals surface area contributed by atoms with E-state index < -0.39 is 6.10 Å². The van der Waals surface area contributed by atoms with Gasteiger partial charge in [-0.1, -0.05) is 12.1 Å². The summed E-state index contributed by atoms with van der Waals surface area (Å²) in [5.74, 6) is -0.257. The molecule has 0 radical (unpaired) electrons. The highest BCUT2D eigenvalue weighted by atomic mass is 19.1. The number of rotatable bonds is 3. The minimum Gasteiger partial charge on any atom is -0.390 e. The Balaban J connectivity index is 1.95. The molecular formula is C12H15FO2. The van der Waals surface area contributed by atoms with Crippen LogP contribution in [0.15, 0.2) is 24.3 Å². The van der Waals surface area contributed by atoms with Gasteiger partial charge in [0.05, 0.1) is 12.2 Å². The van der Waals surface area contributed by atoms with Gasteiger partial charge in [-0.3, -0.25) is 0 Å². The predicted octanol–water partition coefficient (Wildman–Crippen LogP) is 1.91. The lowest BCUT2D eigenvalue weighted by atomic mass is 10.0. The van der Waals surface area contributed by atoms with Crippen molar-refractivity contribution in [3.63, 3.8) is 0 Å². The van der Waals surface area contributed by atoms with Crippen LogP contribution in [0.3, 0.4) is 0 Å². The predicted molar refractivity (Wildman–Crippen MR) is 55.1 cm³/mol. The first-order valence-corrected chi connectivity index (χ1v) is 5.30. The molecule has 2 unspecified atom stereocenters. The average molecular weight is 210 g/mol. The first-order valence-electron chi connectivity index (χ1n) is 5.30. The van der Waals surface area contributed by atoms with Crippen LogP contribution in [0.5, 0.6) is 0 Å². The summed E-state index contributed by atoms with van der Waals surface area (Å²) in [5, 5.41) is 9.85. The summed E-state index contributed by atoms with van der Waals surface area (Å²) in [6.07, 6.45) is 1.77. The fraction of sp³-hybridized carbons (Fsp3) is 0.500. The van der Waals surface area contributed by atoms with Crippen molar-refractivity contribution in [2.75, 3.05) is 6.61 Å². The van der Waals surface area contributed by atoms with Crippen LogP contribution in [-0.2, 0) is 11.2 Å². The standard InChI is InChI=1S/C12H15FO2/c13-10-4-1-3-9(7-10)8-11(14)12-5-2-6-15-12/h1,3-4,7,11-12,14H,2,5-6,8H2. The van der Waals surface area contributed by atoms with Gasteiger partial charge >= 0.3 is 0 Å². The molecule has 0 saturated carbocycles. The quantitative estimate of drug-likeness (QED) is 0.825. The minimum absolute atomic E-state index is 0.0757. The molecule has 82 valence electrons. The molecule has 2 rings (SSSR count). The van der Waals surface area contributed by atoms with Crippen LogP contribution in [0.4, 0.5) is 4.39 Å². The molecule has 0 aliphatic carbocycles. The number of aliphatic hydroxyl groups excluding tert-OH is 1. The monoisotopic (exact) mass is 210 g/mol. The molecule has 0 amide bonds. The summed E-state index contributed by atoms with van der Waals surface area (Å²) in [7, 11) is 0. The average Bonchev–Trinajstić information content (AvgIpc) is 2.70. The van der Waals surface area contributed by atoms with E-state index in [2.05, 4.69) is 0 Å². The topological polar surface area (TPSA) is 29.5 Å². The van der Waals surface area contributed by atoms with E-state index in [-0.39, 0.29) is 11.9 Å². The molecule has 2 nitrogen and oxygen atoms in total. The van der Waals surface area contributed by atoms with Crippen molar-refractivity contribution in [2.45, 2.75) is 31.5 Å². The van der Waals surface area contributed by atoms with Gasteiger partial charge in [-0.25, -0.2) is 4.39 Å². The van der Waals surface area contributed by atoms with E-state index in [1.807, 2.05) is 6.07 Å². The molecule has 1 aromatic rings. The third-order valence-electron chi connectivity index (χ3n) is 2.73. The lowest BCUT2D eigenvalue weighted by Crippen LogP contribution is -2.27. The minimum atomic E-state index is -0.519. The van der Waals surface area contributed by atoms with Crippen molar-refractivity contribution in [3.05, 3.63) is 35.6 Å². The second-order valence-electron chi connectivity index (χ2n) is 3.95. The molecule has 3 heteroatoms. The third-order valence-corrected chi connectivity index (χ3v) is 2.73. The molecular weight excluding hydrogens is 195 g/mol. The Morgan fingerprint density at radius 2 is 2.40 bits per heavy atom. The highest BCUT2D eigenvalue weighted by molar-refractivity contribution is 5.17. The van der Waals surface area contributed by atoms with Gasteiger partial charge in [0.1, 0.15) is 5.82 Å². The molecule has 1 N–H and O–H groups in total. The molecule has 0 spiro atoms. The molecule has 0 bridgehead atoms. The number of ether oxygens (including phenoxy) is 1. The van der Waals surface area contributed by atoms with Gasteiger partial charge in [0.2, 0.25) is 0 Å². The van der Waals surface area contributed by atoms with E-state index >= 15 is 0 Å². The number of hydrogen-bond donors (Lipinski definition) is 1. The zero-order valence-electron chi connectivity index (χ0n) is 8.53. The zero-order valence-corrected chi connectivity index (χ0v) is 8.53. The maximum atomic E-state index is 12.9. The first kappa shape index (κ1) is 10.6. The number of aliphatic hydroxyl groups is 1. The summed E-state index contributed by atoms with van der Waals surface area (Å²) in [4.78, 5) is 0. The largest absolute Gasteiger partial charge is 0.390 e. The van der Waals surface area contributed by atoms with Crippen molar-refractivity contribution in [1.29, 1.82) is 0 Å². The molecule has 1 saturated heterocycles. The summed E-state index contributed by atoms with van der Waals surface area (Å²) < 4.78 is 18.3. The van der Waals surface area contributed by atoms with Gasteiger partial charge in [-0.05, 0) is 30.5 Å². The molecule has 15 heavy (non-hydrogen) atoms. The Morgan fingerprint density at radius 1 is 1.53 bits per heavy atom. The van der Waals surface area contributed by atoms with Crippen LogP contribution >= 0.6 is 0 Å². The van der Waals surface area contributed by atoms with E-state index in [0.717, 1.165) is 25.0 Å². The molecule has 1 fully saturated rings. The van der Waals surface area contributed by atoms with Crippen molar-refractivity contribution in [1.82, 2.24) is 0 Å². The van der Waals surface area contributed by atoms with Crippen LogP contribution in [0, 0.1) is 5.82 Å². The van der Waals surface area contributed by atoms with Gasteiger partial charge < -0.3 is 9.84 Å². The van der Waals surface area contributed by atoms with E-state index in [0.29, 0.717) is 6.42 Å². The number of hydrogen-bond acceptors (Lipinski definition) is 2. The Morgan fingerprint density at radius 3 is 3.07 bits per heavy atom. The molecule has 1 aliphatic heterocycles. The third kappa shape index (κ3) is 2.76. The second kappa shape index (κ2) is 4.73. The lowest BCUT2D eigenvalue weighted by Gasteiger charge is -2.17. The summed E-state index contributed by atoms with van der Waals surface area (Å²) in [6.45, 7) is 0.727. The van der Waals surface area contributed by atoms with E-state index in [9.17, 15) is 9.50 Å². The summed E-state index contributed by atoms with van der Waals surface area (Å²) >= 11 is 0. The molecule has 1 aliphatic rings. The van der Waals surface area contributed by atoms with E-state index in [4.69, 9.17) is 4.74 Å². The summed E-state index contributed by atoms with van der Waals surface area (Å²) in [5.41, 5.74) is 0.818. The van der Waals surface area contributed by atoms with Crippen molar-refractivity contribution in [3.8, 4) is 0 Å². The first-order chi connectivity index (χ1) is 7.25. The fourth-order valence-electron chi connectivity index (χ4n) is 1.94. The van der Waals surface area contributed by atoms with E-state index in [1.54, 1.807) is 6.07 Å². The van der Waals surface area contributed by atoms with Gasteiger partial charge in [-0.15, -0.1) is 0 Å². The van der Waals surface area contributed by atoms with Crippen molar-refractivity contribution < 1.29 is 14.2 Å². The van der Waals surface area contributed by atoms with Crippen LogP contribution < -0.4 is 0 Å². The molecule has 0 aromatic heterocycles. The van der Waals surface area contributed by atoms with Crippen LogP contribution in [0.2, 0.25) is 0 Å². The highest BCUT2D eigenvalue weighted by Crippen LogP contribution is 2.18. The lowest BCUT2D eigenvalue weighted by molar-refractivity contribution is -0.000797. The van der Waals surface area contributed by atoms with Gasteiger partial charge in [0.15, 0.2) is 0 Å². The fourth-order valence-corrected chi connectivity index (χ4v) is 1.94. The zero-order chi connectivity index (χ0) is 10.7. The van der Waals surface area contributed by atoms with Crippen molar-refractivity contribution in [2.24, 2.45) is 0 Å². The number of benzene rings is 1. The van der Waals surface area contributed by atoms with Crippen LogP contribution in [0.1, 0.15) is 18.4 Å². The Kier molecular flexibility index (Phi) is 3.34. The molecule has 1 heterocycles. The normalized spacial score (nSPS) is 22.9. The number of halogens is 1. The smallest absolute Gasteiger partial charge is 0.123 e. The maximum absolute atomic E-state index is 12.9. The summed E-state index contributed by atoms with van der Waals surface area (Å²) in [6, 6.07) is 6.34. The maximum Gasteiger partial charge on any atom is 0.123 e. The highest BCUT2D eigenvalue weighted by Gasteiger charge is 2.24. The second-order valence-corrected chi connectivity index (χ2v) is 3.95. The molecule has 1 aromatic carbocycles. The van der Waals surface area contributed by atoms with Crippen LogP contribution in [-0.4, -0.2) is 23.9 Å². The Labute approximate surface area is 88.7 Å². The van der Waals surface area contributed by atoms with Crippen molar-refractivity contribution >= 4 is 0 Å². The SMILES string of the molecule is OC(Cc1cccc(F)c1)C1CCCO1. The van der Waals surface area contributed by atoms with E-state index in [1.165, 1.54) is 12.1 Å². The Bertz CT molecular complexity index is 321. The van der Waals surface area contributed by atoms with Gasteiger partial charge in [-0.2, -0.15) is 0 Å². The Hall–Kier alpha value is -0.930. The van der Waals surface area contributed by atoms with Gasteiger partial charge in [0.25, 0.3) is 0 Å². The van der Waals surface area contributed by atoms with Gasteiger partial charge in [0, 0.05) is 13.0 Å². The van der Waals surface area contributed by atoms with Crippen LogP contribution in [0.25, 0.3) is 0 Å².